The fraction of sp³-hybridized carbons (Fsp3) is 0.176. The number of nitrogens with one attached hydrogen (secondary N) is 1. The summed E-state index contributed by atoms with van der Waals surface area (Å²) in [4.78, 5) is 0. The van der Waals surface area contributed by atoms with E-state index in [1.807, 2.05) is 18.2 Å². The maximum absolute atomic E-state index is 9.25. The summed E-state index contributed by atoms with van der Waals surface area (Å²) in [7, 11) is 0. The Hall–Kier alpha value is -2.55. The average molecular weight is 327 g/mol. The molecule has 0 aliphatic carbocycles. The van der Waals surface area contributed by atoms with Crippen LogP contribution < -0.4 is 10.5 Å². The number of H-pyrrole nitrogens is 1. The normalized spacial score (nSPS) is 12.0. The number of aromatic nitrogens is 2. The van der Waals surface area contributed by atoms with Gasteiger partial charge in [-0.3, -0.25) is 5.10 Å². The molecule has 23 heavy (non-hydrogen) atoms. The Balaban J connectivity index is 2.02. The molecule has 6 heteroatoms. The second-order valence-corrected chi connectivity index (χ2v) is 5.55. The molecule has 116 valence electrons. The lowest BCUT2D eigenvalue weighted by atomic mass is 10.0. The molecule has 0 amide bonds. The van der Waals surface area contributed by atoms with Crippen LogP contribution in [0.2, 0.25) is 5.02 Å². The zero-order valence-electron chi connectivity index (χ0n) is 12.3. The van der Waals surface area contributed by atoms with Crippen LogP contribution in [-0.4, -0.2) is 16.7 Å². The summed E-state index contributed by atoms with van der Waals surface area (Å²) in [5, 5.41) is 17.8. The van der Waals surface area contributed by atoms with Gasteiger partial charge in [-0.05, 0) is 24.7 Å². The molecular formula is C17H15ClN4O. The van der Waals surface area contributed by atoms with E-state index in [0.717, 1.165) is 16.5 Å². The number of hydrogen-bond acceptors (Lipinski definition) is 4. The Morgan fingerprint density at radius 3 is 3.00 bits per heavy atom. The van der Waals surface area contributed by atoms with E-state index in [0.29, 0.717) is 29.3 Å². The number of halogens is 1. The van der Waals surface area contributed by atoms with Gasteiger partial charge in [0.05, 0.1) is 17.3 Å². The molecule has 0 radical (unpaired) electrons. The van der Waals surface area contributed by atoms with Crippen molar-refractivity contribution in [3.05, 3.63) is 58.7 Å². The molecule has 3 N–H and O–H groups in total. The number of benzene rings is 2. The summed E-state index contributed by atoms with van der Waals surface area (Å²) in [6, 6.07) is 13.0. The number of aromatic amines is 1. The van der Waals surface area contributed by atoms with Gasteiger partial charge in [-0.25, -0.2) is 0 Å². The van der Waals surface area contributed by atoms with Crippen molar-refractivity contribution < 1.29 is 4.74 Å². The second kappa shape index (κ2) is 6.69. The van der Waals surface area contributed by atoms with Gasteiger partial charge in [-0.2, -0.15) is 10.4 Å². The van der Waals surface area contributed by atoms with Gasteiger partial charge in [0.1, 0.15) is 17.9 Å². The van der Waals surface area contributed by atoms with Crippen LogP contribution in [0, 0.1) is 11.3 Å². The van der Waals surface area contributed by atoms with Gasteiger partial charge in [0.25, 0.3) is 0 Å². The van der Waals surface area contributed by atoms with Gasteiger partial charge in [0.15, 0.2) is 0 Å². The Kier molecular flexibility index (Phi) is 4.47. The zero-order valence-corrected chi connectivity index (χ0v) is 13.0. The monoisotopic (exact) mass is 326 g/mol. The third-order valence-corrected chi connectivity index (χ3v) is 3.86. The van der Waals surface area contributed by atoms with Gasteiger partial charge < -0.3 is 10.5 Å². The molecule has 0 aliphatic heterocycles. The SMILES string of the molecule is N#Cc1ccc(Cl)cc1OC(CCN)c1cccc2[nH]ncc12. The van der Waals surface area contributed by atoms with E-state index in [2.05, 4.69) is 16.3 Å². The lowest BCUT2D eigenvalue weighted by Gasteiger charge is -2.20. The summed E-state index contributed by atoms with van der Waals surface area (Å²) < 4.78 is 6.09. The number of nitriles is 1. The highest BCUT2D eigenvalue weighted by molar-refractivity contribution is 6.30. The molecule has 2 aromatic carbocycles. The number of nitrogens with two attached hydrogens (primary N) is 1. The standard InChI is InChI=1S/C17H15ClN4O/c18-12-5-4-11(9-20)17(8-12)23-16(6-7-19)13-2-1-3-15-14(13)10-21-22-15/h1-5,8,10,16H,6-7,19H2,(H,21,22). The second-order valence-electron chi connectivity index (χ2n) is 5.11. The highest BCUT2D eigenvalue weighted by Crippen LogP contribution is 2.32. The maximum atomic E-state index is 9.25. The minimum absolute atomic E-state index is 0.285. The first-order chi connectivity index (χ1) is 11.2. The summed E-state index contributed by atoms with van der Waals surface area (Å²) in [6.07, 6.45) is 2.09. The quantitative estimate of drug-likeness (QED) is 0.750. The molecule has 0 saturated heterocycles. The third-order valence-electron chi connectivity index (χ3n) is 3.63. The molecular weight excluding hydrogens is 312 g/mol. The third kappa shape index (κ3) is 3.14. The van der Waals surface area contributed by atoms with E-state index in [1.54, 1.807) is 24.4 Å². The van der Waals surface area contributed by atoms with Gasteiger partial charge >= 0.3 is 0 Å². The molecule has 3 aromatic rings. The minimum atomic E-state index is -0.285. The van der Waals surface area contributed by atoms with Crippen molar-refractivity contribution in [3.8, 4) is 11.8 Å². The first kappa shape index (κ1) is 15.3. The van der Waals surface area contributed by atoms with Crippen molar-refractivity contribution in [2.75, 3.05) is 6.54 Å². The summed E-state index contributed by atoms with van der Waals surface area (Å²) >= 11 is 6.03. The van der Waals surface area contributed by atoms with Crippen molar-refractivity contribution in [2.24, 2.45) is 5.73 Å². The number of nitrogens with zero attached hydrogens (tertiary/aromatic N) is 2. The smallest absolute Gasteiger partial charge is 0.139 e. The van der Waals surface area contributed by atoms with E-state index < -0.39 is 0 Å². The molecule has 1 unspecified atom stereocenters. The molecule has 0 fully saturated rings. The number of rotatable bonds is 5. The largest absolute Gasteiger partial charge is 0.484 e. The first-order valence-electron chi connectivity index (χ1n) is 7.21. The highest BCUT2D eigenvalue weighted by atomic mass is 35.5. The number of fused-ring (bicyclic) bond motifs is 1. The summed E-state index contributed by atoms with van der Waals surface area (Å²) in [6.45, 7) is 0.460. The van der Waals surface area contributed by atoms with Crippen LogP contribution in [0.15, 0.2) is 42.6 Å². The van der Waals surface area contributed by atoms with Crippen LogP contribution in [0.1, 0.15) is 23.7 Å². The van der Waals surface area contributed by atoms with Crippen LogP contribution in [0.25, 0.3) is 10.9 Å². The van der Waals surface area contributed by atoms with Crippen molar-refractivity contribution in [3.63, 3.8) is 0 Å². The Labute approximate surface area is 138 Å². The van der Waals surface area contributed by atoms with Gasteiger partial charge in [-0.1, -0.05) is 23.7 Å². The fourth-order valence-corrected chi connectivity index (χ4v) is 2.70. The van der Waals surface area contributed by atoms with Gasteiger partial charge in [0, 0.05) is 28.5 Å². The minimum Gasteiger partial charge on any atom is -0.484 e. The fourth-order valence-electron chi connectivity index (χ4n) is 2.54. The lowest BCUT2D eigenvalue weighted by Crippen LogP contribution is -2.14. The van der Waals surface area contributed by atoms with E-state index in [9.17, 15) is 5.26 Å². The maximum Gasteiger partial charge on any atom is 0.139 e. The highest BCUT2D eigenvalue weighted by Gasteiger charge is 2.18. The Morgan fingerprint density at radius 2 is 2.22 bits per heavy atom. The van der Waals surface area contributed by atoms with Crippen LogP contribution in [0.4, 0.5) is 0 Å². The molecule has 0 bridgehead atoms. The molecule has 3 rings (SSSR count). The van der Waals surface area contributed by atoms with Crippen molar-refractivity contribution in [1.82, 2.24) is 10.2 Å². The van der Waals surface area contributed by atoms with Crippen LogP contribution in [0.5, 0.6) is 5.75 Å². The molecule has 0 aliphatic rings. The van der Waals surface area contributed by atoms with Crippen LogP contribution >= 0.6 is 11.6 Å². The first-order valence-corrected chi connectivity index (χ1v) is 7.59. The van der Waals surface area contributed by atoms with E-state index in [4.69, 9.17) is 22.1 Å². The Bertz CT molecular complexity index is 868. The molecule has 0 saturated carbocycles. The Morgan fingerprint density at radius 1 is 1.35 bits per heavy atom. The van der Waals surface area contributed by atoms with Crippen molar-refractivity contribution in [2.45, 2.75) is 12.5 Å². The number of hydrogen-bond donors (Lipinski definition) is 2. The summed E-state index contributed by atoms with van der Waals surface area (Å²) in [5.41, 5.74) is 8.09. The van der Waals surface area contributed by atoms with Gasteiger partial charge in [0.2, 0.25) is 0 Å². The average Bonchev–Trinajstić information content (AvgIpc) is 3.03. The van der Waals surface area contributed by atoms with Crippen LogP contribution in [0.3, 0.4) is 0 Å². The van der Waals surface area contributed by atoms with Gasteiger partial charge in [-0.15, -0.1) is 0 Å². The summed E-state index contributed by atoms with van der Waals surface area (Å²) in [5.74, 6) is 0.457. The van der Waals surface area contributed by atoms with E-state index >= 15 is 0 Å². The zero-order chi connectivity index (χ0) is 16.2. The lowest BCUT2D eigenvalue weighted by molar-refractivity contribution is 0.199. The van der Waals surface area contributed by atoms with E-state index in [-0.39, 0.29) is 6.10 Å². The van der Waals surface area contributed by atoms with Crippen LogP contribution in [-0.2, 0) is 0 Å². The molecule has 5 nitrogen and oxygen atoms in total. The van der Waals surface area contributed by atoms with Crippen molar-refractivity contribution >= 4 is 22.5 Å². The molecule has 0 spiro atoms. The predicted molar refractivity (Wildman–Crippen MR) is 89.3 cm³/mol. The number of ether oxygens (including phenoxy) is 1. The molecule has 1 aromatic heterocycles. The predicted octanol–water partition coefficient (Wildman–Crippen LogP) is 3.56. The van der Waals surface area contributed by atoms with Crippen molar-refractivity contribution in [1.29, 1.82) is 5.26 Å². The molecule has 1 heterocycles. The van der Waals surface area contributed by atoms with E-state index in [1.165, 1.54) is 0 Å². The molecule has 1 atom stereocenters. The topological polar surface area (TPSA) is 87.7 Å².